The van der Waals surface area contributed by atoms with Crippen LogP contribution in [0.2, 0.25) is 0 Å². The van der Waals surface area contributed by atoms with Gasteiger partial charge in [0.15, 0.2) is 5.78 Å². The number of hydrogen-bond donors (Lipinski definition) is 2. The molecule has 2 aromatic rings. The van der Waals surface area contributed by atoms with E-state index in [0.717, 1.165) is 45.0 Å². The second kappa shape index (κ2) is 8.16. The summed E-state index contributed by atoms with van der Waals surface area (Å²) >= 11 is 0. The van der Waals surface area contributed by atoms with Crippen molar-refractivity contribution < 1.29 is 9.53 Å². The molecule has 30 heavy (non-hydrogen) atoms. The Morgan fingerprint density at radius 1 is 1.13 bits per heavy atom. The van der Waals surface area contributed by atoms with Crippen molar-refractivity contribution in [2.75, 3.05) is 50.0 Å². The van der Waals surface area contributed by atoms with E-state index in [9.17, 15) is 9.59 Å². The average molecular weight is 412 g/mol. The smallest absolute Gasteiger partial charge is 0.275 e. The first-order valence-electron chi connectivity index (χ1n) is 10.3. The van der Waals surface area contributed by atoms with Crippen LogP contribution in [0.4, 0.5) is 17.3 Å². The van der Waals surface area contributed by atoms with E-state index in [1.165, 1.54) is 6.33 Å². The van der Waals surface area contributed by atoms with Gasteiger partial charge >= 0.3 is 0 Å². The van der Waals surface area contributed by atoms with Gasteiger partial charge in [0.2, 0.25) is 0 Å². The number of carbonyl (C=O) groups is 1. The average Bonchev–Trinajstić information content (AvgIpc) is 2.96. The molecule has 0 aromatic carbocycles. The van der Waals surface area contributed by atoms with Gasteiger partial charge in [-0.2, -0.15) is 0 Å². The fourth-order valence-corrected chi connectivity index (χ4v) is 4.14. The number of Topliss-reactive ketones (excluding diaryl/α,β-unsaturated/α-hetero) is 1. The highest BCUT2D eigenvalue weighted by atomic mass is 16.5. The standard InChI is InChI=1S/C21H28N6O3/c1-14-10-15(20(29)27-19(14)16(28)12-21(27,2)3)25-18-11-17(23-13-24-18)22-4-5-26-6-8-30-9-7-26/h10-11,13H,4-9,12H2,1-3H3,(H2,22,23,24,25). The summed E-state index contributed by atoms with van der Waals surface area (Å²) in [4.78, 5) is 36.3. The first-order valence-corrected chi connectivity index (χ1v) is 10.3. The number of aryl methyl sites for hydroxylation is 1. The number of nitrogens with zero attached hydrogens (tertiary/aromatic N) is 4. The van der Waals surface area contributed by atoms with Crippen molar-refractivity contribution in [1.82, 2.24) is 19.4 Å². The highest BCUT2D eigenvalue weighted by Gasteiger charge is 2.38. The number of anilines is 3. The number of carbonyl (C=O) groups excluding carboxylic acids is 1. The summed E-state index contributed by atoms with van der Waals surface area (Å²) in [5.74, 6) is 1.22. The van der Waals surface area contributed by atoms with Gasteiger partial charge in [0.25, 0.3) is 5.56 Å². The van der Waals surface area contributed by atoms with Gasteiger partial charge in [0.05, 0.1) is 24.4 Å². The maximum absolute atomic E-state index is 13.1. The number of rotatable bonds is 6. The zero-order valence-electron chi connectivity index (χ0n) is 17.7. The Labute approximate surface area is 175 Å². The van der Waals surface area contributed by atoms with E-state index in [1.807, 2.05) is 20.8 Å². The second-order valence-electron chi connectivity index (χ2n) is 8.44. The van der Waals surface area contributed by atoms with E-state index in [-0.39, 0.29) is 11.3 Å². The molecule has 0 aliphatic carbocycles. The van der Waals surface area contributed by atoms with E-state index >= 15 is 0 Å². The second-order valence-corrected chi connectivity index (χ2v) is 8.44. The summed E-state index contributed by atoms with van der Waals surface area (Å²) in [6.07, 6.45) is 1.79. The number of ketones is 1. The molecule has 4 heterocycles. The minimum absolute atomic E-state index is 0.00920. The molecule has 0 unspecified atom stereocenters. The van der Waals surface area contributed by atoms with Crippen molar-refractivity contribution in [1.29, 1.82) is 0 Å². The van der Waals surface area contributed by atoms with Crippen molar-refractivity contribution in [2.24, 2.45) is 0 Å². The minimum Gasteiger partial charge on any atom is -0.379 e. The molecule has 2 aromatic heterocycles. The molecular weight excluding hydrogens is 384 g/mol. The molecule has 0 atom stereocenters. The molecule has 160 valence electrons. The Morgan fingerprint density at radius 2 is 1.87 bits per heavy atom. The Bertz CT molecular complexity index is 1010. The van der Waals surface area contributed by atoms with Gasteiger partial charge in [-0.15, -0.1) is 0 Å². The molecule has 2 aliphatic rings. The summed E-state index contributed by atoms with van der Waals surface area (Å²) < 4.78 is 6.97. The van der Waals surface area contributed by atoms with Crippen molar-refractivity contribution in [3.05, 3.63) is 40.1 Å². The number of hydrogen-bond acceptors (Lipinski definition) is 8. The van der Waals surface area contributed by atoms with Gasteiger partial charge in [-0.05, 0) is 32.4 Å². The Balaban J connectivity index is 1.49. The molecule has 9 heteroatoms. The summed E-state index contributed by atoms with van der Waals surface area (Å²) in [6, 6.07) is 3.50. The first kappa shape index (κ1) is 20.5. The van der Waals surface area contributed by atoms with Crippen LogP contribution in [0.25, 0.3) is 0 Å². The summed E-state index contributed by atoms with van der Waals surface area (Å²) in [5, 5.41) is 6.42. The van der Waals surface area contributed by atoms with Crippen LogP contribution >= 0.6 is 0 Å². The van der Waals surface area contributed by atoms with E-state index < -0.39 is 5.54 Å². The zero-order chi connectivity index (χ0) is 21.3. The summed E-state index contributed by atoms with van der Waals surface area (Å²) in [5.41, 5.74) is 0.933. The predicted octanol–water partition coefficient (Wildman–Crippen LogP) is 1.76. The van der Waals surface area contributed by atoms with Crippen LogP contribution in [0, 0.1) is 6.92 Å². The zero-order valence-corrected chi connectivity index (χ0v) is 17.7. The van der Waals surface area contributed by atoms with Crippen LogP contribution < -0.4 is 16.2 Å². The molecule has 1 saturated heterocycles. The maximum Gasteiger partial charge on any atom is 0.275 e. The van der Waals surface area contributed by atoms with Crippen LogP contribution in [0.3, 0.4) is 0 Å². The fraction of sp³-hybridized carbons (Fsp3) is 0.524. The molecule has 1 fully saturated rings. The highest BCUT2D eigenvalue weighted by Crippen LogP contribution is 2.32. The van der Waals surface area contributed by atoms with Gasteiger partial charge in [-0.3, -0.25) is 19.1 Å². The normalized spacial score (nSPS) is 18.3. The van der Waals surface area contributed by atoms with Gasteiger partial charge in [0.1, 0.15) is 23.7 Å². The summed E-state index contributed by atoms with van der Waals surface area (Å²) in [7, 11) is 0. The highest BCUT2D eigenvalue weighted by molar-refractivity contribution is 5.99. The van der Waals surface area contributed by atoms with Crippen LogP contribution in [0.15, 0.2) is 23.3 Å². The number of morpholine rings is 1. The molecular formula is C21H28N6O3. The van der Waals surface area contributed by atoms with Gasteiger partial charge in [-0.1, -0.05) is 0 Å². The minimum atomic E-state index is -0.538. The van der Waals surface area contributed by atoms with Crippen molar-refractivity contribution in [3.63, 3.8) is 0 Å². The Hall–Kier alpha value is -2.78. The lowest BCUT2D eigenvalue weighted by molar-refractivity contribution is 0.0398. The van der Waals surface area contributed by atoms with Crippen LogP contribution in [0.5, 0.6) is 0 Å². The van der Waals surface area contributed by atoms with E-state index in [0.29, 0.717) is 29.4 Å². The quantitative estimate of drug-likeness (QED) is 0.740. The predicted molar refractivity (Wildman–Crippen MR) is 115 cm³/mol. The third-order valence-electron chi connectivity index (χ3n) is 5.62. The van der Waals surface area contributed by atoms with Crippen LogP contribution in [-0.4, -0.2) is 64.6 Å². The molecule has 0 saturated carbocycles. The van der Waals surface area contributed by atoms with E-state index in [2.05, 4.69) is 25.5 Å². The molecule has 2 aliphatic heterocycles. The van der Waals surface area contributed by atoms with Crippen LogP contribution in [-0.2, 0) is 10.3 Å². The number of fused-ring (bicyclic) bond motifs is 1. The first-order chi connectivity index (χ1) is 14.3. The van der Waals surface area contributed by atoms with Crippen molar-refractivity contribution >= 4 is 23.1 Å². The topological polar surface area (TPSA) is 101 Å². The van der Waals surface area contributed by atoms with E-state index in [1.54, 1.807) is 16.7 Å². The molecule has 2 N–H and O–H groups in total. The third kappa shape index (κ3) is 4.08. The molecule has 9 nitrogen and oxygen atoms in total. The lowest BCUT2D eigenvalue weighted by Gasteiger charge is -2.26. The number of ether oxygens (including phenoxy) is 1. The monoisotopic (exact) mass is 412 g/mol. The van der Waals surface area contributed by atoms with Gasteiger partial charge in [0, 0.05) is 38.7 Å². The summed E-state index contributed by atoms with van der Waals surface area (Å²) in [6.45, 7) is 10.8. The third-order valence-corrected chi connectivity index (χ3v) is 5.62. The Morgan fingerprint density at radius 3 is 2.63 bits per heavy atom. The molecule has 0 amide bonds. The number of pyridine rings is 1. The van der Waals surface area contributed by atoms with Crippen molar-refractivity contribution in [2.45, 2.75) is 32.7 Å². The Kier molecular flexibility index (Phi) is 5.57. The largest absolute Gasteiger partial charge is 0.379 e. The van der Waals surface area contributed by atoms with Gasteiger partial charge in [-0.25, -0.2) is 9.97 Å². The molecule has 0 spiro atoms. The van der Waals surface area contributed by atoms with Gasteiger partial charge < -0.3 is 15.4 Å². The fourth-order valence-electron chi connectivity index (χ4n) is 4.14. The lowest BCUT2D eigenvalue weighted by atomic mass is 10.0. The number of aromatic nitrogens is 3. The SMILES string of the molecule is Cc1cc(Nc2cc(NCCN3CCOCC3)ncn2)c(=O)n2c1C(=O)CC2(C)C. The molecule has 0 bridgehead atoms. The number of nitrogens with one attached hydrogen (secondary N) is 2. The molecule has 4 rings (SSSR count). The van der Waals surface area contributed by atoms with Crippen molar-refractivity contribution in [3.8, 4) is 0 Å². The lowest BCUT2D eigenvalue weighted by Crippen LogP contribution is -2.39. The molecule has 0 radical (unpaired) electrons. The maximum atomic E-state index is 13.1. The van der Waals surface area contributed by atoms with E-state index in [4.69, 9.17) is 4.74 Å². The van der Waals surface area contributed by atoms with Crippen LogP contribution in [0.1, 0.15) is 36.3 Å².